The van der Waals surface area contributed by atoms with Crippen LogP contribution in [0, 0.1) is 0 Å². The van der Waals surface area contributed by atoms with Crippen LogP contribution in [-0.4, -0.2) is 30.3 Å². The van der Waals surface area contributed by atoms with Crippen LogP contribution in [0.2, 0.25) is 0 Å². The number of rotatable bonds is 2. The van der Waals surface area contributed by atoms with Crippen LogP contribution in [0.5, 0.6) is 5.75 Å². The molecule has 2 N–H and O–H groups in total. The lowest BCUT2D eigenvalue weighted by Gasteiger charge is -2.05. The van der Waals surface area contributed by atoms with Crippen molar-refractivity contribution in [3.8, 4) is 28.7 Å². The van der Waals surface area contributed by atoms with E-state index < -0.39 is 0 Å². The Kier molecular flexibility index (Phi) is 2.79. The highest BCUT2D eigenvalue weighted by Crippen LogP contribution is 2.34. The van der Waals surface area contributed by atoms with E-state index in [9.17, 15) is 5.11 Å². The Labute approximate surface area is 125 Å². The van der Waals surface area contributed by atoms with Gasteiger partial charge in [-0.3, -0.25) is 10.1 Å². The molecule has 0 unspecified atom stereocenters. The SMILES string of the molecule is Oc1c(-c2nc(-c3cnccn3)n[nH]2)ccc2ccccc12. The van der Waals surface area contributed by atoms with Crippen LogP contribution < -0.4 is 0 Å². The highest BCUT2D eigenvalue weighted by molar-refractivity contribution is 5.93. The smallest absolute Gasteiger partial charge is 0.201 e. The van der Waals surface area contributed by atoms with Crippen molar-refractivity contribution in [2.75, 3.05) is 0 Å². The summed E-state index contributed by atoms with van der Waals surface area (Å²) in [5.74, 6) is 1.11. The number of nitrogens with zero attached hydrogens (tertiary/aromatic N) is 4. The first-order valence-electron chi connectivity index (χ1n) is 6.73. The molecule has 106 valence electrons. The van der Waals surface area contributed by atoms with Crippen molar-refractivity contribution in [3.63, 3.8) is 0 Å². The number of phenolic OH excluding ortho intramolecular Hbond substituents is 1. The fraction of sp³-hybridized carbons (Fsp3) is 0. The highest BCUT2D eigenvalue weighted by Gasteiger charge is 2.13. The number of hydrogen-bond acceptors (Lipinski definition) is 5. The molecule has 0 aliphatic carbocycles. The summed E-state index contributed by atoms with van der Waals surface area (Å²) in [5.41, 5.74) is 1.17. The highest BCUT2D eigenvalue weighted by atomic mass is 16.3. The standard InChI is InChI=1S/C16H11N5O/c22-14-11-4-2-1-3-10(11)5-6-12(14)15-19-16(21-20-15)13-9-17-7-8-18-13/h1-9,22H,(H,19,20,21). The van der Waals surface area contributed by atoms with Gasteiger partial charge in [-0.25, -0.2) is 9.97 Å². The molecule has 2 aromatic heterocycles. The molecular formula is C16H11N5O. The molecular weight excluding hydrogens is 278 g/mol. The molecule has 0 atom stereocenters. The molecule has 0 saturated heterocycles. The molecule has 2 aromatic carbocycles. The Balaban J connectivity index is 1.83. The van der Waals surface area contributed by atoms with Gasteiger partial charge in [0, 0.05) is 17.8 Å². The minimum absolute atomic E-state index is 0.181. The predicted octanol–water partition coefficient (Wildman–Crippen LogP) is 2.79. The van der Waals surface area contributed by atoms with Crippen molar-refractivity contribution >= 4 is 10.8 Å². The normalized spacial score (nSPS) is 10.9. The Morgan fingerprint density at radius 3 is 2.77 bits per heavy atom. The Morgan fingerprint density at radius 2 is 1.91 bits per heavy atom. The third-order valence-electron chi connectivity index (χ3n) is 3.43. The molecule has 0 radical (unpaired) electrons. The minimum Gasteiger partial charge on any atom is -0.507 e. The summed E-state index contributed by atoms with van der Waals surface area (Å²) in [7, 11) is 0. The Bertz CT molecular complexity index is 949. The van der Waals surface area contributed by atoms with Crippen LogP contribution >= 0.6 is 0 Å². The predicted molar refractivity (Wildman–Crippen MR) is 82.0 cm³/mol. The van der Waals surface area contributed by atoms with Crippen LogP contribution in [0.25, 0.3) is 33.7 Å². The Morgan fingerprint density at radius 1 is 1.00 bits per heavy atom. The molecule has 0 fully saturated rings. The van der Waals surface area contributed by atoms with E-state index in [1.807, 2.05) is 36.4 Å². The third-order valence-corrected chi connectivity index (χ3v) is 3.43. The lowest BCUT2D eigenvalue weighted by atomic mass is 10.1. The summed E-state index contributed by atoms with van der Waals surface area (Å²) in [5, 5.41) is 19.2. The van der Waals surface area contributed by atoms with E-state index in [0.29, 0.717) is 22.9 Å². The van der Waals surface area contributed by atoms with Crippen LogP contribution in [0.3, 0.4) is 0 Å². The number of benzene rings is 2. The van der Waals surface area contributed by atoms with Gasteiger partial charge in [-0.15, -0.1) is 0 Å². The molecule has 0 aliphatic rings. The number of aromatic hydroxyl groups is 1. The van der Waals surface area contributed by atoms with E-state index in [1.54, 1.807) is 18.6 Å². The zero-order valence-corrected chi connectivity index (χ0v) is 11.4. The number of aromatic nitrogens is 5. The molecule has 0 amide bonds. The van der Waals surface area contributed by atoms with Gasteiger partial charge in [-0.05, 0) is 11.5 Å². The van der Waals surface area contributed by atoms with Gasteiger partial charge in [0.2, 0.25) is 5.82 Å². The zero-order valence-electron chi connectivity index (χ0n) is 11.4. The van der Waals surface area contributed by atoms with Gasteiger partial charge in [-0.2, -0.15) is 5.10 Å². The lowest BCUT2D eigenvalue weighted by molar-refractivity contribution is 0.483. The topological polar surface area (TPSA) is 87.6 Å². The van der Waals surface area contributed by atoms with Crippen molar-refractivity contribution in [1.82, 2.24) is 25.1 Å². The monoisotopic (exact) mass is 289 g/mol. The quantitative estimate of drug-likeness (QED) is 0.592. The fourth-order valence-corrected chi connectivity index (χ4v) is 2.36. The van der Waals surface area contributed by atoms with E-state index in [4.69, 9.17) is 0 Å². The van der Waals surface area contributed by atoms with Crippen LogP contribution in [0.4, 0.5) is 0 Å². The zero-order chi connectivity index (χ0) is 14.9. The van der Waals surface area contributed by atoms with Gasteiger partial charge in [0.05, 0.1) is 11.8 Å². The summed E-state index contributed by atoms with van der Waals surface area (Å²) in [4.78, 5) is 12.5. The molecule has 6 nitrogen and oxygen atoms in total. The van der Waals surface area contributed by atoms with Crippen LogP contribution in [-0.2, 0) is 0 Å². The molecule has 2 heterocycles. The summed E-state index contributed by atoms with van der Waals surface area (Å²) in [6, 6.07) is 11.4. The van der Waals surface area contributed by atoms with E-state index in [2.05, 4.69) is 25.1 Å². The number of aromatic amines is 1. The van der Waals surface area contributed by atoms with Crippen LogP contribution in [0.1, 0.15) is 0 Å². The average Bonchev–Trinajstić information content (AvgIpc) is 3.06. The maximum Gasteiger partial charge on any atom is 0.201 e. The molecule has 6 heteroatoms. The summed E-state index contributed by atoms with van der Waals surface area (Å²) >= 11 is 0. The molecule has 0 bridgehead atoms. The van der Waals surface area contributed by atoms with E-state index in [1.165, 1.54) is 0 Å². The first-order chi connectivity index (χ1) is 10.8. The average molecular weight is 289 g/mol. The maximum atomic E-state index is 10.5. The molecule has 0 spiro atoms. The molecule has 4 rings (SSSR count). The second-order valence-corrected chi connectivity index (χ2v) is 4.78. The maximum absolute atomic E-state index is 10.5. The van der Waals surface area contributed by atoms with Gasteiger partial charge in [0.25, 0.3) is 0 Å². The second-order valence-electron chi connectivity index (χ2n) is 4.78. The van der Waals surface area contributed by atoms with E-state index in [0.717, 1.165) is 10.8 Å². The fourth-order valence-electron chi connectivity index (χ4n) is 2.36. The largest absolute Gasteiger partial charge is 0.507 e. The van der Waals surface area contributed by atoms with Crippen molar-refractivity contribution < 1.29 is 5.11 Å². The molecule has 4 aromatic rings. The van der Waals surface area contributed by atoms with Crippen molar-refractivity contribution in [2.45, 2.75) is 0 Å². The number of phenols is 1. The van der Waals surface area contributed by atoms with E-state index in [-0.39, 0.29) is 5.75 Å². The van der Waals surface area contributed by atoms with Crippen molar-refractivity contribution in [2.24, 2.45) is 0 Å². The number of hydrogen-bond donors (Lipinski definition) is 2. The molecule has 22 heavy (non-hydrogen) atoms. The van der Waals surface area contributed by atoms with E-state index >= 15 is 0 Å². The number of nitrogens with one attached hydrogen (secondary N) is 1. The minimum atomic E-state index is 0.181. The van der Waals surface area contributed by atoms with Crippen LogP contribution in [0.15, 0.2) is 55.0 Å². The van der Waals surface area contributed by atoms with Crippen molar-refractivity contribution in [1.29, 1.82) is 0 Å². The summed E-state index contributed by atoms with van der Waals surface area (Å²) < 4.78 is 0. The van der Waals surface area contributed by atoms with Gasteiger partial charge in [-0.1, -0.05) is 30.3 Å². The van der Waals surface area contributed by atoms with Crippen molar-refractivity contribution in [3.05, 3.63) is 55.0 Å². The Hall–Kier alpha value is -3.28. The number of fused-ring (bicyclic) bond motifs is 1. The van der Waals surface area contributed by atoms with Gasteiger partial charge >= 0.3 is 0 Å². The molecule has 0 saturated carbocycles. The van der Waals surface area contributed by atoms with Gasteiger partial charge in [0.1, 0.15) is 11.4 Å². The summed E-state index contributed by atoms with van der Waals surface area (Å²) in [6.07, 6.45) is 4.76. The third kappa shape index (κ3) is 1.98. The first kappa shape index (κ1) is 12.5. The van der Waals surface area contributed by atoms with Gasteiger partial charge in [0.15, 0.2) is 5.82 Å². The lowest BCUT2D eigenvalue weighted by Crippen LogP contribution is -1.86. The summed E-state index contributed by atoms with van der Waals surface area (Å²) in [6.45, 7) is 0. The first-order valence-corrected chi connectivity index (χ1v) is 6.73. The van der Waals surface area contributed by atoms with Gasteiger partial charge < -0.3 is 5.11 Å². The molecule has 0 aliphatic heterocycles. The number of H-pyrrole nitrogens is 1. The second kappa shape index (κ2) is 4.92.